The Bertz CT molecular complexity index is 3580. The summed E-state index contributed by atoms with van der Waals surface area (Å²) in [6.45, 7) is 12.9. The van der Waals surface area contributed by atoms with Gasteiger partial charge in [0.1, 0.15) is 138 Å². The monoisotopic (exact) mass is 1630 g/mol. The molecular formula is C70H99Cl2NO38. The number of aromatic hydroxyl groups is 3. The number of halogens is 2. The van der Waals surface area contributed by atoms with Gasteiger partial charge in [-0.05, 0) is 79.5 Å². The molecule has 36 unspecified atom stereocenters. The third kappa shape index (κ3) is 15.7. The van der Waals surface area contributed by atoms with Crippen LogP contribution >= 0.6 is 23.2 Å². The van der Waals surface area contributed by atoms with Crippen LogP contribution in [0.25, 0.3) is 0 Å². The molecule has 0 amide bonds. The van der Waals surface area contributed by atoms with Gasteiger partial charge in [-0.1, -0.05) is 23.2 Å². The first-order chi connectivity index (χ1) is 52.6. The van der Waals surface area contributed by atoms with Gasteiger partial charge >= 0.3 is 17.9 Å². The van der Waals surface area contributed by atoms with Gasteiger partial charge in [-0.3, -0.25) is 0 Å². The molecule has 0 aliphatic carbocycles. The zero-order valence-electron chi connectivity index (χ0n) is 63.1. The number of aryl methyl sites for hydroxylation is 1. The molecule has 2 aromatic carbocycles. The van der Waals surface area contributed by atoms with Gasteiger partial charge < -0.3 is 169 Å². The van der Waals surface area contributed by atoms with E-state index in [1.807, 2.05) is 0 Å². The highest BCUT2D eigenvalue weighted by molar-refractivity contribution is 6.39. The Hall–Kier alpha value is -4.08. The molecule has 2 aromatic rings. The maximum Gasteiger partial charge on any atom is 0.342 e. The molecule has 11 aliphatic rings. The van der Waals surface area contributed by atoms with Crippen LogP contribution in [0.1, 0.15) is 99.6 Å². The number of benzene rings is 2. The van der Waals surface area contributed by atoms with Gasteiger partial charge in [0.05, 0.1) is 81.4 Å². The summed E-state index contributed by atoms with van der Waals surface area (Å²) in [5.74, 6) is -7.50. The van der Waals surface area contributed by atoms with Gasteiger partial charge in [0, 0.05) is 40.9 Å². The normalized spacial score (nSPS) is 46.0. The minimum Gasteiger partial charge on any atom is -0.600 e. The van der Waals surface area contributed by atoms with E-state index in [0.29, 0.717) is 0 Å². The molecule has 13 rings (SSSR count). The fraction of sp³-hybridized carbons (Fsp3) is 0.800. The maximum atomic E-state index is 14.3. The number of fused-ring (bicyclic) bond motifs is 4. The van der Waals surface area contributed by atoms with Crippen molar-refractivity contribution < 1.29 is 184 Å². The third-order valence-electron chi connectivity index (χ3n) is 22.6. The molecule has 0 bridgehead atoms. The average molecular weight is 1630 g/mol. The molecule has 0 saturated carbocycles. The summed E-state index contributed by atoms with van der Waals surface area (Å²) in [6.07, 6.45) is -40.4. The first-order valence-corrected chi connectivity index (χ1v) is 37.2. The van der Waals surface area contributed by atoms with Crippen molar-refractivity contribution in [2.24, 2.45) is 0 Å². The lowest BCUT2D eigenvalue weighted by molar-refractivity contribution is -1.09. The van der Waals surface area contributed by atoms with Crippen molar-refractivity contribution in [1.82, 2.24) is 0 Å². The second-order valence-corrected chi connectivity index (χ2v) is 30.7. The number of nitrogens with one attached hydrogen (secondary N) is 1. The number of aliphatic hydroxyl groups excluding tert-OH is 5. The van der Waals surface area contributed by atoms with E-state index in [2.05, 4.69) is 0 Å². The molecule has 0 aromatic heterocycles. The number of quaternary nitrogens is 1. The largest absolute Gasteiger partial charge is 0.600 e. The molecule has 11 saturated heterocycles. The summed E-state index contributed by atoms with van der Waals surface area (Å²) in [7, 11) is 6.58. The number of carbonyl (C=O) groups excluding carboxylic acids is 2. The molecule has 11 heterocycles. The molecule has 111 heavy (non-hydrogen) atoms. The highest BCUT2D eigenvalue weighted by Crippen LogP contribution is 2.53. The Balaban J connectivity index is 0.644. The number of hydroxylamine groups is 2. The summed E-state index contributed by atoms with van der Waals surface area (Å²) in [5.41, 5.74) is -3.32. The Morgan fingerprint density at radius 2 is 1.31 bits per heavy atom. The average Bonchev–Trinajstić information content (AvgIpc) is 1.58. The summed E-state index contributed by atoms with van der Waals surface area (Å²) in [4.78, 5) is 27.6. The fourth-order valence-corrected chi connectivity index (χ4v) is 17.6. The van der Waals surface area contributed by atoms with Crippen LogP contribution in [0.5, 0.6) is 23.0 Å². The lowest BCUT2D eigenvalue weighted by Gasteiger charge is -2.50. The van der Waals surface area contributed by atoms with Crippen LogP contribution in [0.15, 0.2) is 12.1 Å². The molecule has 36 atom stereocenters. The van der Waals surface area contributed by atoms with Crippen LogP contribution in [-0.2, 0) is 118 Å². The van der Waals surface area contributed by atoms with Crippen LogP contribution in [0.2, 0.25) is 10.0 Å². The minimum atomic E-state index is -2.06. The van der Waals surface area contributed by atoms with Crippen LogP contribution in [0.4, 0.5) is 0 Å². The zero-order valence-corrected chi connectivity index (χ0v) is 64.6. The molecule has 0 radical (unpaired) electrons. The van der Waals surface area contributed by atoms with Crippen LogP contribution < -0.4 is 9.96 Å². The predicted octanol–water partition coefficient (Wildman–Crippen LogP) is -0.243. The second-order valence-electron chi connectivity index (χ2n) is 30.0. The number of phenolic OH excluding ortho intramolecular Hbond substituents is 3. The summed E-state index contributed by atoms with van der Waals surface area (Å²) < 4.78 is 160. The molecule has 41 heteroatoms. The van der Waals surface area contributed by atoms with Crippen molar-refractivity contribution in [3.05, 3.63) is 49.6 Å². The van der Waals surface area contributed by atoms with E-state index in [-0.39, 0.29) is 83.3 Å². The number of ether oxygens (including phenoxy) is 26. The van der Waals surface area contributed by atoms with Crippen LogP contribution in [0, 0.1) is 19.1 Å². The Morgan fingerprint density at radius 1 is 0.613 bits per heavy atom. The van der Waals surface area contributed by atoms with Crippen molar-refractivity contribution in [2.75, 3.05) is 62.2 Å². The summed E-state index contributed by atoms with van der Waals surface area (Å²) >= 11 is 12.8. The second kappa shape index (κ2) is 33.4. The van der Waals surface area contributed by atoms with Gasteiger partial charge in [-0.25, -0.2) is 20.0 Å². The van der Waals surface area contributed by atoms with E-state index in [9.17, 15) is 60.9 Å². The van der Waals surface area contributed by atoms with E-state index in [1.165, 1.54) is 69.3 Å². The number of aliphatic hydroxyl groups is 5. The lowest BCUT2D eigenvalue weighted by atomic mass is 9.85. The van der Waals surface area contributed by atoms with E-state index in [0.717, 1.165) is 6.07 Å². The molecule has 11 aliphatic heterocycles. The minimum absolute atomic E-state index is 0.0797. The molecule has 10 N–H and O–H groups in total. The van der Waals surface area contributed by atoms with Crippen molar-refractivity contribution in [3.8, 4) is 23.0 Å². The SMILES string of the molecule is COCC1OC(OC2OCC3OC4(OCC(OC(=O)c5c(C)cc(O)cc5O)C5OCOC54)OC3C2O)C(OC)C(O)C1OC1OC(C)C(OC)C(OC2OC(C)C3OC4(CC(O)C(OC5CC(OC6CC(C)([NH+]([O-])O)C(OC)C(C)O6)C(OC(=O)c6c(C)c(Cl)c(O)c(Cl)c6OC)C(C)O5)C(C)O4)OC3(C)C2O)C1O. The van der Waals surface area contributed by atoms with Gasteiger partial charge in [-0.2, -0.15) is 0 Å². The Morgan fingerprint density at radius 3 is 1.98 bits per heavy atom. The highest BCUT2D eigenvalue weighted by Gasteiger charge is 2.70. The summed E-state index contributed by atoms with van der Waals surface area (Å²) in [5, 5.41) is 114. The number of methoxy groups -OCH3 is 5. The van der Waals surface area contributed by atoms with Gasteiger partial charge in [0.2, 0.25) is 0 Å². The number of phenols is 3. The number of rotatable bonds is 21. The van der Waals surface area contributed by atoms with Crippen molar-refractivity contribution in [3.63, 3.8) is 0 Å². The van der Waals surface area contributed by atoms with E-state index in [4.69, 9.17) is 146 Å². The maximum absolute atomic E-state index is 14.3. The number of carbonyl (C=O) groups is 2. The predicted molar refractivity (Wildman–Crippen MR) is 362 cm³/mol. The summed E-state index contributed by atoms with van der Waals surface area (Å²) in [6, 6.07) is 2.29. The van der Waals surface area contributed by atoms with Gasteiger partial charge in [0.15, 0.2) is 73.1 Å². The van der Waals surface area contributed by atoms with Gasteiger partial charge in [-0.15, -0.1) is 0 Å². The number of hydrogen-bond acceptors (Lipinski definition) is 38. The molecule has 626 valence electrons. The van der Waals surface area contributed by atoms with Crippen LogP contribution in [0.3, 0.4) is 0 Å². The smallest absolute Gasteiger partial charge is 0.342 e. The standard InChI is InChI=1S/C70H99Cl2NO38/c1-24-15-31(74)16-32(75)40(24)61(82)100-36-22-94-70(60-53(36)92-23-93-60)108-37-21-91-63(46(79)52(37)109-70)106-65-56(89-13)45(78)51(35(101-65)20-86-10)104-64-47(80)55(50(87-11)27(4)97-64)105-66-57(81)68(9)59(30(7)98-66)110-69(111-68)18-33(76)48(28(5)107-69)102-38-17-34(99-39-19-67(8,73(84)85)58(90-14)29(6)96-39)49(26(3)95-38)103-62(83)41-25(2)42(71)44(77)43(72)54(41)88-12/h15-16,26-30,33-39,45-53,55-60,63-66,73-81,84H,17-23H2,1-14H3. The fourth-order valence-electron chi connectivity index (χ4n) is 17.1. The number of hydrogen-bond donors (Lipinski definition) is 10. The lowest BCUT2D eigenvalue weighted by Crippen LogP contribution is -3.16. The quantitative estimate of drug-likeness (QED) is 0.0569. The molecular weight excluding hydrogens is 1530 g/mol. The van der Waals surface area contributed by atoms with Gasteiger partial charge in [0.25, 0.3) is 5.97 Å². The topological polar surface area (TPSA) is 484 Å². The van der Waals surface area contributed by atoms with E-state index >= 15 is 0 Å². The molecule has 2 spiro atoms. The van der Waals surface area contributed by atoms with E-state index < -0.39 is 249 Å². The highest BCUT2D eigenvalue weighted by atomic mass is 35.5. The Labute approximate surface area is 646 Å². The number of esters is 2. The Kier molecular flexibility index (Phi) is 25.5. The molecule has 11 fully saturated rings. The van der Waals surface area contributed by atoms with E-state index in [1.54, 1.807) is 34.6 Å². The first-order valence-electron chi connectivity index (χ1n) is 36.4. The third-order valence-corrected chi connectivity index (χ3v) is 23.4. The van der Waals surface area contributed by atoms with Crippen LogP contribution in [-0.4, -0.2) is 334 Å². The first kappa shape index (κ1) is 84.8. The van der Waals surface area contributed by atoms with Crippen molar-refractivity contribution in [1.29, 1.82) is 0 Å². The van der Waals surface area contributed by atoms with Crippen molar-refractivity contribution >= 4 is 35.1 Å². The van der Waals surface area contributed by atoms with Crippen molar-refractivity contribution in [2.45, 2.75) is 295 Å². The zero-order chi connectivity index (χ0) is 80.2. The molecule has 39 nitrogen and oxygen atoms in total.